The van der Waals surface area contributed by atoms with E-state index in [2.05, 4.69) is 0 Å². The first-order valence-electron chi connectivity index (χ1n) is 5.38. The van der Waals surface area contributed by atoms with E-state index in [9.17, 15) is 13.2 Å². The number of hydrogen-bond donors (Lipinski definition) is 0. The summed E-state index contributed by atoms with van der Waals surface area (Å²) in [6, 6.07) is 13.7. The zero-order valence-corrected chi connectivity index (χ0v) is 11.0. The second kappa shape index (κ2) is 4.17. The van der Waals surface area contributed by atoms with E-state index in [-0.39, 0.29) is 0 Å². The molecule has 1 radical (unpaired) electrons. The fourth-order valence-corrected chi connectivity index (χ4v) is 5.98. The Balaban J connectivity index is 2.24. The Bertz CT molecular complexity index is 549. The highest BCUT2D eigenvalue weighted by Crippen LogP contribution is 2.33. The van der Waals surface area contributed by atoms with Gasteiger partial charge in [0.2, 0.25) is 0 Å². The van der Waals surface area contributed by atoms with Gasteiger partial charge < -0.3 is 0 Å². The van der Waals surface area contributed by atoms with Crippen LogP contribution in [0.25, 0.3) is 0 Å². The van der Waals surface area contributed by atoms with Crippen molar-refractivity contribution in [3.8, 4) is 0 Å². The minimum Gasteiger partial charge on any atom is -0.176 e. The highest BCUT2D eigenvalue weighted by molar-refractivity contribution is 8.00. The maximum atomic E-state index is 13.3. The molecule has 1 aliphatic heterocycles. The first-order valence-corrected chi connectivity index (χ1v) is 7.70. The van der Waals surface area contributed by atoms with Crippen LogP contribution in [0, 0.1) is 0 Å². The van der Waals surface area contributed by atoms with Gasteiger partial charge in [0.05, 0.1) is 0 Å². The molecule has 2 aromatic rings. The highest BCUT2D eigenvalue weighted by Gasteiger charge is 2.48. The van der Waals surface area contributed by atoms with Gasteiger partial charge in [-0.15, -0.1) is 0 Å². The molecule has 0 bridgehead atoms. The molecule has 0 nitrogen and oxygen atoms in total. The molecule has 0 fully saturated rings. The van der Waals surface area contributed by atoms with Crippen LogP contribution >= 0.6 is 11.8 Å². The van der Waals surface area contributed by atoms with Gasteiger partial charge >= 0.3 is 5.80 Å². The normalized spacial score (nSPS) is 15.1. The summed E-state index contributed by atoms with van der Waals surface area (Å²) in [6.07, 6.45) is 0. The summed E-state index contributed by atoms with van der Waals surface area (Å²) in [5, 5.41) is 0.914. The van der Waals surface area contributed by atoms with Crippen LogP contribution < -0.4 is 10.4 Å². The number of halogens is 3. The molecule has 0 N–H and O–H groups in total. The summed E-state index contributed by atoms with van der Waals surface area (Å²) in [6.45, 7) is 0. The first-order chi connectivity index (χ1) is 8.57. The Hall–Kier alpha value is -1.20. The van der Waals surface area contributed by atoms with E-state index in [1.54, 1.807) is 48.5 Å². The van der Waals surface area contributed by atoms with E-state index in [1.165, 1.54) is 11.8 Å². The molecule has 0 saturated heterocycles. The molecule has 0 atom stereocenters. The third-order valence-corrected chi connectivity index (χ3v) is 6.85. The second-order valence-electron chi connectivity index (χ2n) is 3.97. The molecule has 2 aromatic carbocycles. The van der Waals surface area contributed by atoms with Crippen molar-refractivity contribution in [1.29, 1.82) is 0 Å². The van der Waals surface area contributed by atoms with Gasteiger partial charge in [-0.2, -0.15) is 13.2 Å². The van der Waals surface area contributed by atoms with E-state index in [4.69, 9.17) is 0 Å². The number of hydrogen-bond acceptors (Lipinski definition) is 1. The number of benzene rings is 2. The zero-order valence-electron chi connectivity index (χ0n) is 9.16. The van der Waals surface area contributed by atoms with E-state index in [0.29, 0.717) is 10.4 Å². The molecule has 1 aliphatic rings. The van der Waals surface area contributed by atoms with Crippen molar-refractivity contribution in [2.75, 3.05) is 0 Å². The maximum Gasteiger partial charge on any atom is 0.369 e. The van der Waals surface area contributed by atoms with E-state index >= 15 is 0 Å². The van der Waals surface area contributed by atoms with Crippen molar-refractivity contribution in [1.82, 2.24) is 0 Å². The molecular formula is C13H8F3SSi. The van der Waals surface area contributed by atoms with Crippen LogP contribution in [0.5, 0.6) is 0 Å². The van der Waals surface area contributed by atoms with Crippen LogP contribution in [-0.2, 0) is 0 Å². The largest absolute Gasteiger partial charge is 0.369 e. The molecule has 1 heterocycles. The predicted molar refractivity (Wildman–Crippen MR) is 68.1 cm³/mol. The van der Waals surface area contributed by atoms with Crippen LogP contribution in [0.2, 0.25) is 0 Å². The molecule has 3 rings (SSSR count). The Morgan fingerprint density at radius 1 is 0.778 bits per heavy atom. The van der Waals surface area contributed by atoms with Gasteiger partial charge in [-0.1, -0.05) is 48.2 Å². The lowest BCUT2D eigenvalue weighted by molar-refractivity contribution is -0.0485. The van der Waals surface area contributed by atoms with E-state index < -0.39 is 14.6 Å². The molecular weight excluding hydrogens is 273 g/mol. The third kappa shape index (κ3) is 1.87. The van der Waals surface area contributed by atoms with Crippen molar-refractivity contribution < 1.29 is 13.2 Å². The standard InChI is InChI=1S/C13H8F3SSi/c14-13(15,16)18-11-7-3-1-5-9(11)17-10-6-2-4-8-12(10)18/h1-8H. The van der Waals surface area contributed by atoms with Crippen LogP contribution in [0.1, 0.15) is 0 Å². The average molecular weight is 281 g/mol. The zero-order chi connectivity index (χ0) is 12.8. The Morgan fingerprint density at radius 3 is 1.67 bits per heavy atom. The lowest BCUT2D eigenvalue weighted by Crippen LogP contribution is -2.56. The highest BCUT2D eigenvalue weighted by atomic mass is 32.2. The smallest absolute Gasteiger partial charge is 0.176 e. The van der Waals surface area contributed by atoms with Crippen molar-refractivity contribution in [3.05, 3.63) is 48.5 Å². The Labute approximate surface area is 108 Å². The summed E-state index contributed by atoms with van der Waals surface area (Å²) in [5.74, 6) is -4.15. The van der Waals surface area contributed by atoms with Gasteiger partial charge in [0, 0.05) is 9.79 Å². The van der Waals surface area contributed by atoms with Gasteiger partial charge in [0.15, 0.2) is 0 Å². The molecule has 0 spiro atoms. The molecule has 0 saturated carbocycles. The number of fused-ring (bicyclic) bond motifs is 2. The molecule has 0 aliphatic carbocycles. The van der Waals surface area contributed by atoms with Crippen molar-refractivity contribution in [2.24, 2.45) is 0 Å². The topological polar surface area (TPSA) is 0 Å². The molecule has 0 amide bonds. The quantitative estimate of drug-likeness (QED) is 0.669. The van der Waals surface area contributed by atoms with E-state index in [1.807, 2.05) is 0 Å². The monoisotopic (exact) mass is 281 g/mol. The number of rotatable bonds is 0. The first kappa shape index (κ1) is 11.9. The Morgan fingerprint density at radius 2 is 1.22 bits per heavy atom. The molecule has 0 unspecified atom stereocenters. The van der Waals surface area contributed by atoms with Crippen LogP contribution in [0.3, 0.4) is 0 Å². The molecule has 91 valence electrons. The van der Waals surface area contributed by atoms with Gasteiger partial charge in [0.25, 0.3) is 8.80 Å². The minimum absolute atomic E-state index is 0.457. The fourth-order valence-electron chi connectivity index (χ4n) is 2.09. The minimum atomic E-state index is -4.15. The predicted octanol–water partition coefficient (Wildman–Crippen LogP) is 2.86. The fraction of sp³-hybridized carbons (Fsp3) is 0.0769. The summed E-state index contributed by atoms with van der Waals surface area (Å²) < 4.78 is 40.0. The van der Waals surface area contributed by atoms with Crippen LogP contribution in [0.4, 0.5) is 13.2 Å². The average Bonchev–Trinajstić information content (AvgIpc) is 2.34. The lowest BCUT2D eigenvalue weighted by atomic mass is 10.3. The second-order valence-corrected chi connectivity index (χ2v) is 7.45. The summed E-state index contributed by atoms with van der Waals surface area (Å²) in [4.78, 5) is 1.48. The van der Waals surface area contributed by atoms with Crippen molar-refractivity contribution in [3.63, 3.8) is 0 Å². The van der Waals surface area contributed by atoms with Crippen LogP contribution in [-0.4, -0.2) is 14.6 Å². The van der Waals surface area contributed by atoms with Crippen LogP contribution in [0.15, 0.2) is 58.3 Å². The van der Waals surface area contributed by atoms with Gasteiger partial charge in [-0.25, -0.2) is 0 Å². The maximum absolute atomic E-state index is 13.3. The van der Waals surface area contributed by atoms with Gasteiger partial charge in [0.1, 0.15) is 0 Å². The summed E-state index contributed by atoms with van der Waals surface area (Å²) >= 11 is 1.43. The van der Waals surface area contributed by atoms with Crippen molar-refractivity contribution >= 4 is 30.9 Å². The van der Waals surface area contributed by atoms with Gasteiger partial charge in [-0.3, -0.25) is 0 Å². The molecule has 5 heteroatoms. The van der Waals surface area contributed by atoms with Gasteiger partial charge in [-0.05, 0) is 22.5 Å². The number of alkyl halides is 3. The summed E-state index contributed by atoms with van der Waals surface area (Å²) in [7, 11) is -2.70. The Kier molecular flexibility index (Phi) is 2.75. The molecule has 0 aromatic heterocycles. The van der Waals surface area contributed by atoms with Crippen molar-refractivity contribution in [2.45, 2.75) is 15.6 Å². The third-order valence-electron chi connectivity index (χ3n) is 2.82. The lowest BCUT2D eigenvalue weighted by Gasteiger charge is -2.27. The SMILES string of the molecule is FC(F)(F)[Si]1c2ccccc2Sc2ccccc21. The van der Waals surface area contributed by atoms with E-state index in [0.717, 1.165) is 9.79 Å². The molecule has 18 heavy (non-hydrogen) atoms. The summed E-state index contributed by atoms with van der Waals surface area (Å²) in [5.41, 5.74) is 0.